The molecule has 2 heteroatoms. The van der Waals surface area contributed by atoms with Gasteiger partial charge in [-0.1, -0.05) is 35.4 Å². The van der Waals surface area contributed by atoms with Crippen molar-refractivity contribution in [1.29, 1.82) is 0 Å². The van der Waals surface area contributed by atoms with Crippen molar-refractivity contribution in [2.75, 3.05) is 0 Å². The minimum Gasteiger partial charge on any atom is -0.403 e. The van der Waals surface area contributed by atoms with E-state index >= 15 is 0 Å². The summed E-state index contributed by atoms with van der Waals surface area (Å²) in [6.45, 7) is 4.07. The molecule has 0 aliphatic rings. The Balaban J connectivity index is 3.18. The van der Waals surface area contributed by atoms with Gasteiger partial charge < -0.3 is 5.73 Å². The average Bonchev–Trinajstić information content (AvgIpc) is 2.03. The van der Waals surface area contributed by atoms with Crippen LogP contribution in [0.4, 0.5) is 0 Å². The summed E-state index contributed by atoms with van der Waals surface area (Å²) < 4.78 is 0. The van der Waals surface area contributed by atoms with Crippen molar-refractivity contribution in [2.24, 2.45) is 5.73 Å². The summed E-state index contributed by atoms with van der Waals surface area (Å²) in [5.41, 5.74) is 8.71. The number of rotatable bonds is 1. The molecule has 0 heterocycles. The Labute approximate surface area is 77.8 Å². The molecule has 1 aromatic carbocycles. The third-order valence-electron chi connectivity index (χ3n) is 1.79. The molecule has 0 saturated carbocycles. The Kier molecular flexibility index (Phi) is 2.77. The van der Waals surface area contributed by atoms with E-state index in [2.05, 4.69) is 13.0 Å². The van der Waals surface area contributed by atoms with Gasteiger partial charge in [-0.05, 0) is 25.0 Å². The molecule has 1 aromatic rings. The molecule has 0 aliphatic heterocycles. The van der Waals surface area contributed by atoms with Crippen molar-refractivity contribution < 1.29 is 0 Å². The maximum atomic E-state index is 5.88. The van der Waals surface area contributed by atoms with E-state index in [0.29, 0.717) is 5.03 Å². The van der Waals surface area contributed by atoms with Gasteiger partial charge in [-0.2, -0.15) is 0 Å². The van der Waals surface area contributed by atoms with Gasteiger partial charge in [0.25, 0.3) is 0 Å². The lowest BCUT2D eigenvalue weighted by molar-refractivity contribution is 1.36. The number of nitrogens with two attached hydrogens (primary N) is 1. The Morgan fingerprint density at radius 1 is 1.42 bits per heavy atom. The van der Waals surface area contributed by atoms with Gasteiger partial charge in [0, 0.05) is 6.20 Å². The molecule has 0 fully saturated rings. The zero-order valence-electron chi connectivity index (χ0n) is 7.26. The average molecular weight is 182 g/mol. The molecule has 1 rings (SSSR count). The van der Waals surface area contributed by atoms with E-state index in [1.54, 1.807) is 0 Å². The molecule has 64 valence electrons. The van der Waals surface area contributed by atoms with Gasteiger partial charge in [0.1, 0.15) is 0 Å². The van der Waals surface area contributed by atoms with Crippen molar-refractivity contribution in [3.05, 3.63) is 41.1 Å². The molecule has 0 bridgehead atoms. The van der Waals surface area contributed by atoms with Crippen LogP contribution in [0, 0.1) is 13.8 Å². The Morgan fingerprint density at radius 2 is 2.08 bits per heavy atom. The van der Waals surface area contributed by atoms with E-state index in [-0.39, 0.29) is 0 Å². The van der Waals surface area contributed by atoms with E-state index in [4.69, 9.17) is 17.3 Å². The molecule has 1 nitrogen and oxygen atoms in total. The van der Waals surface area contributed by atoms with Gasteiger partial charge in [0.15, 0.2) is 0 Å². The van der Waals surface area contributed by atoms with Crippen LogP contribution in [-0.2, 0) is 0 Å². The molecular weight excluding hydrogens is 170 g/mol. The second-order valence-electron chi connectivity index (χ2n) is 2.83. The number of hydrogen-bond donors (Lipinski definition) is 1. The van der Waals surface area contributed by atoms with E-state index in [9.17, 15) is 0 Å². The van der Waals surface area contributed by atoms with Gasteiger partial charge in [-0.15, -0.1) is 0 Å². The van der Waals surface area contributed by atoms with Crippen LogP contribution in [0.1, 0.15) is 16.7 Å². The molecule has 0 aliphatic carbocycles. The third-order valence-corrected chi connectivity index (χ3v) is 2.12. The molecule has 0 saturated heterocycles. The first kappa shape index (κ1) is 9.14. The summed E-state index contributed by atoms with van der Waals surface area (Å²) in [6.07, 6.45) is 1.42. The van der Waals surface area contributed by atoms with E-state index in [0.717, 1.165) is 11.1 Å². The molecular formula is C10H12ClN. The fraction of sp³-hybridized carbons (Fsp3) is 0.200. The standard InChI is InChI=1S/C10H12ClN/c1-7-3-4-9(8(2)5-7)10(11)6-12/h3-6H,12H2,1-2H3/b10-6+. The largest absolute Gasteiger partial charge is 0.403 e. The quantitative estimate of drug-likeness (QED) is 0.709. The second kappa shape index (κ2) is 3.63. The monoisotopic (exact) mass is 181 g/mol. The summed E-state index contributed by atoms with van der Waals surface area (Å²) in [6, 6.07) is 6.09. The zero-order valence-corrected chi connectivity index (χ0v) is 8.02. The highest BCUT2D eigenvalue weighted by molar-refractivity contribution is 6.48. The van der Waals surface area contributed by atoms with Gasteiger partial charge in [-0.3, -0.25) is 0 Å². The molecule has 0 amide bonds. The van der Waals surface area contributed by atoms with Crippen molar-refractivity contribution >= 4 is 16.6 Å². The van der Waals surface area contributed by atoms with Crippen LogP contribution in [0.25, 0.3) is 5.03 Å². The SMILES string of the molecule is Cc1ccc(/C(Cl)=C\N)c(C)c1. The second-order valence-corrected chi connectivity index (χ2v) is 3.24. The lowest BCUT2D eigenvalue weighted by Crippen LogP contribution is -1.88. The molecule has 0 aromatic heterocycles. The molecule has 12 heavy (non-hydrogen) atoms. The lowest BCUT2D eigenvalue weighted by atomic mass is 10.1. The first-order valence-electron chi connectivity index (χ1n) is 3.80. The Hall–Kier alpha value is -0.950. The maximum Gasteiger partial charge on any atom is 0.0635 e. The predicted molar refractivity (Wildman–Crippen MR) is 53.9 cm³/mol. The minimum atomic E-state index is 0.604. The van der Waals surface area contributed by atoms with Crippen LogP contribution in [-0.4, -0.2) is 0 Å². The van der Waals surface area contributed by atoms with Crippen LogP contribution < -0.4 is 5.73 Å². The van der Waals surface area contributed by atoms with Crippen molar-refractivity contribution in [3.8, 4) is 0 Å². The van der Waals surface area contributed by atoms with Crippen LogP contribution in [0.5, 0.6) is 0 Å². The number of hydrogen-bond acceptors (Lipinski definition) is 1. The van der Waals surface area contributed by atoms with Gasteiger partial charge in [0.05, 0.1) is 5.03 Å². The number of halogens is 1. The topological polar surface area (TPSA) is 26.0 Å². The predicted octanol–water partition coefficient (Wildman–Crippen LogP) is 2.80. The third kappa shape index (κ3) is 1.80. The molecule has 0 radical (unpaired) electrons. The zero-order chi connectivity index (χ0) is 9.14. The highest BCUT2D eigenvalue weighted by Gasteiger charge is 2.00. The van der Waals surface area contributed by atoms with E-state index in [1.807, 2.05) is 19.1 Å². The van der Waals surface area contributed by atoms with Crippen molar-refractivity contribution in [1.82, 2.24) is 0 Å². The van der Waals surface area contributed by atoms with Crippen LogP contribution in [0.15, 0.2) is 24.4 Å². The van der Waals surface area contributed by atoms with Crippen LogP contribution in [0.3, 0.4) is 0 Å². The summed E-state index contributed by atoms with van der Waals surface area (Å²) in [7, 11) is 0. The summed E-state index contributed by atoms with van der Waals surface area (Å²) in [5, 5.41) is 0.604. The highest BCUT2D eigenvalue weighted by Crippen LogP contribution is 2.21. The minimum absolute atomic E-state index is 0.604. The summed E-state index contributed by atoms with van der Waals surface area (Å²) >= 11 is 5.88. The number of aryl methyl sites for hydroxylation is 2. The van der Waals surface area contributed by atoms with Gasteiger partial charge in [0.2, 0.25) is 0 Å². The molecule has 2 N–H and O–H groups in total. The molecule has 0 unspecified atom stereocenters. The fourth-order valence-electron chi connectivity index (χ4n) is 1.17. The first-order chi connectivity index (χ1) is 5.65. The Bertz CT molecular complexity index is 316. The van der Waals surface area contributed by atoms with Crippen molar-refractivity contribution in [2.45, 2.75) is 13.8 Å². The number of benzene rings is 1. The van der Waals surface area contributed by atoms with Gasteiger partial charge >= 0.3 is 0 Å². The maximum absolute atomic E-state index is 5.88. The molecule has 0 spiro atoms. The summed E-state index contributed by atoms with van der Waals surface area (Å²) in [5.74, 6) is 0. The van der Waals surface area contributed by atoms with Gasteiger partial charge in [-0.25, -0.2) is 0 Å². The highest BCUT2D eigenvalue weighted by atomic mass is 35.5. The van der Waals surface area contributed by atoms with Crippen molar-refractivity contribution in [3.63, 3.8) is 0 Å². The summed E-state index contributed by atoms with van der Waals surface area (Å²) in [4.78, 5) is 0. The van der Waals surface area contributed by atoms with Crippen LogP contribution in [0.2, 0.25) is 0 Å². The Morgan fingerprint density at radius 3 is 2.58 bits per heavy atom. The van der Waals surface area contributed by atoms with E-state index < -0.39 is 0 Å². The van der Waals surface area contributed by atoms with E-state index in [1.165, 1.54) is 11.8 Å². The first-order valence-corrected chi connectivity index (χ1v) is 4.18. The normalized spacial score (nSPS) is 11.8. The smallest absolute Gasteiger partial charge is 0.0635 e. The molecule has 0 atom stereocenters. The lowest BCUT2D eigenvalue weighted by Gasteiger charge is -2.04. The van der Waals surface area contributed by atoms with Crippen LogP contribution >= 0.6 is 11.6 Å². The fourth-order valence-corrected chi connectivity index (χ4v) is 1.38.